The largest absolute Gasteiger partial charge is 0.395 e. The summed E-state index contributed by atoms with van der Waals surface area (Å²) in [6, 6.07) is 0. The highest BCUT2D eigenvalue weighted by atomic mass is 16.3. The van der Waals surface area contributed by atoms with Crippen molar-refractivity contribution >= 4 is 0 Å². The fraction of sp³-hybridized carbons (Fsp3) is 0.500. The van der Waals surface area contributed by atoms with E-state index in [4.69, 9.17) is 5.11 Å². The summed E-state index contributed by atoms with van der Waals surface area (Å²) in [6.07, 6.45) is 11.5. The van der Waals surface area contributed by atoms with Crippen LogP contribution in [0, 0.1) is 0 Å². The number of aliphatic hydroxyl groups excluding tert-OH is 1. The molecule has 0 radical (unpaired) electrons. The van der Waals surface area contributed by atoms with Gasteiger partial charge < -0.3 is 10.4 Å². The first-order valence-corrected chi connectivity index (χ1v) is 5.34. The number of allylic oxidation sites excluding steroid dienone is 5. The monoisotopic (exact) mass is 191 g/mol. The molecule has 76 valence electrons. The van der Waals surface area contributed by atoms with E-state index in [2.05, 4.69) is 23.5 Å². The fourth-order valence-electron chi connectivity index (χ4n) is 2.11. The quantitative estimate of drug-likeness (QED) is 0.714. The second-order valence-corrected chi connectivity index (χ2v) is 3.84. The molecule has 2 N–H and O–H groups in total. The zero-order valence-corrected chi connectivity index (χ0v) is 8.42. The third kappa shape index (κ3) is 2.07. The molecule has 2 nitrogen and oxygen atoms in total. The Bertz CT molecular complexity index is 299. The van der Waals surface area contributed by atoms with Crippen LogP contribution in [0.3, 0.4) is 0 Å². The van der Waals surface area contributed by atoms with Crippen molar-refractivity contribution in [2.24, 2.45) is 0 Å². The number of rotatable bonds is 3. The summed E-state index contributed by atoms with van der Waals surface area (Å²) in [5.74, 6) is 0. The molecule has 0 saturated carbocycles. The van der Waals surface area contributed by atoms with Crippen LogP contribution >= 0.6 is 0 Å². The Hall–Kier alpha value is -1.02. The molecular weight excluding hydrogens is 174 g/mol. The molecule has 2 aliphatic rings. The van der Waals surface area contributed by atoms with Gasteiger partial charge in [-0.15, -0.1) is 0 Å². The summed E-state index contributed by atoms with van der Waals surface area (Å²) >= 11 is 0. The van der Waals surface area contributed by atoms with Crippen molar-refractivity contribution in [2.75, 3.05) is 13.2 Å². The van der Waals surface area contributed by atoms with Crippen LogP contribution in [0.25, 0.3) is 0 Å². The van der Waals surface area contributed by atoms with Crippen molar-refractivity contribution in [3.8, 4) is 0 Å². The molecule has 0 amide bonds. The van der Waals surface area contributed by atoms with Crippen LogP contribution in [-0.4, -0.2) is 18.3 Å². The van der Waals surface area contributed by atoms with Gasteiger partial charge in [0.25, 0.3) is 0 Å². The average molecular weight is 191 g/mol. The summed E-state index contributed by atoms with van der Waals surface area (Å²) < 4.78 is 0. The van der Waals surface area contributed by atoms with Gasteiger partial charge in [0.1, 0.15) is 0 Å². The average Bonchev–Trinajstić information content (AvgIpc) is 2.54. The maximum absolute atomic E-state index is 8.73. The molecule has 0 fully saturated rings. The van der Waals surface area contributed by atoms with Gasteiger partial charge in [-0.05, 0) is 43.4 Å². The van der Waals surface area contributed by atoms with Gasteiger partial charge in [-0.25, -0.2) is 0 Å². The summed E-state index contributed by atoms with van der Waals surface area (Å²) in [5, 5.41) is 11.9. The Kier molecular flexibility index (Phi) is 3.04. The Morgan fingerprint density at radius 2 is 2.29 bits per heavy atom. The summed E-state index contributed by atoms with van der Waals surface area (Å²) in [4.78, 5) is 0. The van der Waals surface area contributed by atoms with Gasteiger partial charge in [0.05, 0.1) is 6.61 Å². The van der Waals surface area contributed by atoms with Crippen molar-refractivity contribution in [1.29, 1.82) is 0 Å². The Morgan fingerprint density at radius 3 is 3.14 bits per heavy atom. The van der Waals surface area contributed by atoms with Crippen molar-refractivity contribution in [1.82, 2.24) is 5.32 Å². The lowest BCUT2D eigenvalue weighted by Gasteiger charge is -2.04. The third-order valence-corrected chi connectivity index (χ3v) is 2.81. The minimum absolute atomic E-state index is 0.192. The Morgan fingerprint density at radius 1 is 1.36 bits per heavy atom. The fourth-order valence-corrected chi connectivity index (χ4v) is 2.11. The summed E-state index contributed by atoms with van der Waals surface area (Å²) in [7, 11) is 0. The molecule has 0 atom stereocenters. The molecule has 0 heterocycles. The van der Waals surface area contributed by atoms with Crippen LogP contribution < -0.4 is 5.32 Å². The topological polar surface area (TPSA) is 32.3 Å². The van der Waals surface area contributed by atoms with Crippen molar-refractivity contribution < 1.29 is 5.11 Å². The molecule has 0 saturated heterocycles. The van der Waals surface area contributed by atoms with Gasteiger partial charge in [-0.3, -0.25) is 0 Å². The third-order valence-electron chi connectivity index (χ3n) is 2.81. The van der Waals surface area contributed by atoms with E-state index in [0.717, 1.165) is 12.1 Å². The molecule has 2 rings (SSSR count). The van der Waals surface area contributed by atoms with E-state index < -0.39 is 0 Å². The molecule has 14 heavy (non-hydrogen) atoms. The van der Waals surface area contributed by atoms with Crippen LogP contribution in [0.2, 0.25) is 0 Å². The van der Waals surface area contributed by atoms with E-state index >= 15 is 0 Å². The molecule has 0 aromatic carbocycles. The number of hydrogen-bond donors (Lipinski definition) is 2. The lowest BCUT2D eigenvalue weighted by atomic mass is 10.1. The highest BCUT2D eigenvalue weighted by molar-refractivity contribution is 5.39. The smallest absolute Gasteiger partial charge is 0.0604 e. The van der Waals surface area contributed by atoms with E-state index in [9.17, 15) is 0 Å². The Balaban J connectivity index is 2.09. The van der Waals surface area contributed by atoms with E-state index in [1.54, 1.807) is 5.57 Å². The number of aliphatic hydroxyl groups is 1. The lowest BCUT2D eigenvalue weighted by molar-refractivity contribution is 0.297. The maximum atomic E-state index is 8.73. The van der Waals surface area contributed by atoms with Crippen LogP contribution in [-0.2, 0) is 0 Å². The van der Waals surface area contributed by atoms with Gasteiger partial charge in [0, 0.05) is 12.2 Å². The standard InChI is InChI=1S/C12H17NO/c14-8-7-13-12-6-2-4-10-3-1-5-11(10)9-12/h2,6,9,13-14H,1,3-5,7-8H2. The van der Waals surface area contributed by atoms with E-state index in [1.807, 2.05) is 0 Å². The molecule has 0 unspecified atom stereocenters. The SMILES string of the molecule is OCCNC1=CC2=C(CC=C1)CCC2. The molecule has 0 aromatic rings. The predicted octanol–water partition coefficient (Wildman–Crippen LogP) is 1.89. The van der Waals surface area contributed by atoms with Gasteiger partial charge in [0.15, 0.2) is 0 Å². The highest BCUT2D eigenvalue weighted by Gasteiger charge is 2.13. The van der Waals surface area contributed by atoms with E-state index in [1.165, 1.54) is 24.8 Å². The summed E-state index contributed by atoms with van der Waals surface area (Å²) in [5.41, 5.74) is 4.25. The van der Waals surface area contributed by atoms with Crippen LogP contribution in [0.15, 0.2) is 35.1 Å². The molecule has 0 aliphatic heterocycles. The summed E-state index contributed by atoms with van der Waals surface area (Å²) in [6.45, 7) is 0.829. The zero-order chi connectivity index (χ0) is 9.80. The van der Waals surface area contributed by atoms with Crippen LogP contribution in [0.4, 0.5) is 0 Å². The van der Waals surface area contributed by atoms with Gasteiger partial charge in [0.2, 0.25) is 0 Å². The Labute approximate surface area is 85.0 Å². The number of nitrogens with one attached hydrogen (secondary N) is 1. The maximum Gasteiger partial charge on any atom is 0.0604 e. The molecular formula is C12H17NO. The first kappa shape index (κ1) is 9.53. The minimum atomic E-state index is 0.192. The predicted molar refractivity (Wildman–Crippen MR) is 57.8 cm³/mol. The molecule has 0 bridgehead atoms. The molecule has 2 aliphatic carbocycles. The first-order chi connectivity index (χ1) is 6.90. The van der Waals surface area contributed by atoms with E-state index in [-0.39, 0.29) is 6.61 Å². The van der Waals surface area contributed by atoms with E-state index in [0.29, 0.717) is 6.54 Å². The first-order valence-electron chi connectivity index (χ1n) is 5.34. The van der Waals surface area contributed by atoms with Crippen molar-refractivity contribution in [3.05, 3.63) is 35.1 Å². The van der Waals surface area contributed by atoms with Crippen molar-refractivity contribution in [2.45, 2.75) is 25.7 Å². The second-order valence-electron chi connectivity index (χ2n) is 3.84. The highest BCUT2D eigenvalue weighted by Crippen LogP contribution is 2.31. The van der Waals surface area contributed by atoms with Crippen LogP contribution in [0.5, 0.6) is 0 Å². The normalized spacial score (nSPS) is 20.5. The molecule has 0 spiro atoms. The van der Waals surface area contributed by atoms with Gasteiger partial charge >= 0.3 is 0 Å². The molecule has 2 heteroatoms. The number of hydrogen-bond acceptors (Lipinski definition) is 2. The van der Waals surface area contributed by atoms with Gasteiger partial charge in [-0.1, -0.05) is 11.6 Å². The lowest BCUT2D eigenvalue weighted by Crippen LogP contribution is -2.16. The second kappa shape index (κ2) is 4.47. The molecule has 0 aromatic heterocycles. The zero-order valence-electron chi connectivity index (χ0n) is 8.42. The van der Waals surface area contributed by atoms with Crippen molar-refractivity contribution in [3.63, 3.8) is 0 Å². The van der Waals surface area contributed by atoms with Crippen LogP contribution in [0.1, 0.15) is 25.7 Å². The minimum Gasteiger partial charge on any atom is -0.395 e. The van der Waals surface area contributed by atoms with Gasteiger partial charge in [-0.2, -0.15) is 0 Å².